The van der Waals surface area contributed by atoms with Crippen LogP contribution in [0.3, 0.4) is 0 Å². The van der Waals surface area contributed by atoms with Crippen molar-refractivity contribution in [3.63, 3.8) is 0 Å². The van der Waals surface area contributed by atoms with E-state index in [0.29, 0.717) is 0 Å². The Kier molecular flexibility index (Phi) is 5.35. The van der Waals surface area contributed by atoms with Gasteiger partial charge in [-0.15, -0.1) is 0 Å². The van der Waals surface area contributed by atoms with E-state index in [1.165, 1.54) is 25.7 Å². The highest BCUT2D eigenvalue weighted by Crippen LogP contribution is 2.35. The van der Waals surface area contributed by atoms with Crippen molar-refractivity contribution in [3.8, 4) is 0 Å². The largest absolute Gasteiger partial charge is 0.372 e. The third kappa shape index (κ3) is 3.88. The minimum absolute atomic E-state index is 0.0140. The van der Waals surface area contributed by atoms with E-state index in [-0.39, 0.29) is 5.41 Å². The number of aromatic nitrogens is 2. The van der Waals surface area contributed by atoms with Gasteiger partial charge < -0.3 is 5.32 Å². The highest BCUT2D eigenvalue weighted by atomic mass is 79.9. The number of anilines is 1. The van der Waals surface area contributed by atoms with Crippen LogP contribution in [0.1, 0.15) is 58.0 Å². The molecule has 2 rings (SSSR count). The number of halogens is 1. The van der Waals surface area contributed by atoms with Gasteiger partial charge in [-0.1, -0.05) is 33.6 Å². The van der Waals surface area contributed by atoms with Gasteiger partial charge in [-0.25, -0.2) is 9.97 Å². The number of rotatable bonds is 4. The molecule has 1 N–H and O–H groups in total. The van der Waals surface area contributed by atoms with Crippen LogP contribution < -0.4 is 5.32 Å². The van der Waals surface area contributed by atoms with Gasteiger partial charge in [-0.3, -0.25) is 0 Å². The molecule has 0 spiro atoms. The summed E-state index contributed by atoms with van der Waals surface area (Å²) in [5.74, 6) is 2.75. The Hall–Kier alpha value is -0.290. The van der Waals surface area contributed by atoms with E-state index < -0.39 is 0 Å². The summed E-state index contributed by atoms with van der Waals surface area (Å²) in [5, 5.41) is 3.97. The molecule has 1 aromatic rings. The van der Waals surface area contributed by atoms with Crippen LogP contribution in [0.2, 0.25) is 0 Å². The maximum atomic E-state index is 4.79. The van der Waals surface area contributed by atoms with Gasteiger partial charge in [0.25, 0.3) is 0 Å². The summed E-state index contributed by atoms with van der Waals surface area (Å²) in [6.45, 7) is 6.56. The highest BCUT2D eigenvalue weighted by Gasteiger charge is 2.23. The maximum absolute atomic E-state index is 4.79. The molecule has 112 valence electrons. The lowest BCUT2D eigenvalue weighted by Gasteiger charge is -2.22. The molecule has 0 aromatic carbocycles. The Balaban J connectivity index is 2.19. The van der Waals surface area contributed by atoms with Gasteiger partial charge in [0.1, 0.15) is 11.6 Å². The molecule has 0 unspecified atom stereocenters. The zero-order chi connectivity index (χ0) is 14.8. The summed E-state index contributed by atoms with van der Waals surface area (Å²) in [4.78, 5) is 9.43. The molecule has 1 aliphatic rings. The van der Waals surface area contributed by atoms with Crippen LogP contribution in [0.15, 0.2) is 4.47 Å². The molecule has 0 bridgehead atoms. The Labute approximate surface area is 134 Å². The van der Waals surface area contributed by atoms with Crippen molar-refractivity contribution in [3.05, 3.63) is 16.0 Å². The Morgan fingerprint density at radius 3 is 2.45 bits per heavy atom. The molecule has 0 radical (unpaired) electrons. The molecule has 1 fully saturated rings. The van der Waals surface area contributed by atoms with Gasteiger partial charge in [0.05, 0.1) is 15.9 Å². The monoisotopic (exact) mass is 357 g/mol. The van der Waals surface area contributed by atoms with E-state index >= 15 is 0 Å². The number of nitrogens with zero attached hydrogens (tertiary/aromatic N) is 2. The van der Waals surface area contributed by atoms with Crippen LogP contribution in [0, 0.1) is 0 Å². The number of thioether (sulfide) groups is 1. The van der Waals surface area contributed by atoms with Crippen molar-refractivity contribution in [2.75, 3.05) is 12.4 Å². The van der Waals surface area contributed by atoms with Gasteiger partial charge >= 0.3 is 0 Å². The zero-order valence-electron chi connectivity index (χ0n) is 12.8. The molecule has 0 saturated heterocycles. The van der Waals surface area contributed by atoms with Crippen LogP contribution in [-0.2, 0) is 11.2 Å². The number of hydrogen-bond donors (Lipinski definition) is 1. The minimum Gasteiger partial charge on any atom is -0.372 e. The van der Waals surface area contributed by atoms with Crippen molar-refractivity contribution in [1.29, 1.82) is 0 Å². The lowest BCUT2D eigenvalue weighted by molar-refractivity contribution is 0.560. The van der Waals surface area contributed by atoms with Crippen molar-refractivity contribution in [2.24, 2.45) is 0 Å². The first kappa shape index (κ1) is 16.1. The Morgan fingerprint density at radius 2 is 1.90 bits per heavy atom. The Bertz CT molecular complexity index is 465. The van der Waals surface area contributed by atoms with E-state index in [0.717, 1.165) is 32.8 Å². The van der Waals surface area contributed by atoms with Crippen molar-refractivity contribution in [1.82, 2.24) is 9.97 Å². The second-order valence-electron chi connectivity index (χ2n) is 6.37. The van der Waals surface area contributed by atoms with Crippen LogP contribution in [-0.4, -0.2) is 22.3 Å². The quantitative estimate of drug-likeness (QED) is 0.843. The lowest BCUT2D eigenvalue weighted by Crippen LogP contribution is -2.18. The fourth-order valence-electron chi connectivity index (χ4n) is 2.47. The Morgan fingerprint density at radius 1 is 1.25 bits per heavy atom. The molecule has 1 aromatic heterocycles. The molecule has 0 atom stereocenters. The van der Waals surface area contributed by atoms with Crippen LogP contribution in [0.25, 0.3) is 0 Å². The van der Waals surface area contributed by atoms with E-state index in [4.69, 9.17) is 4.98 Å². The average Bonchev–Trinajstić information content (AvgIpc) is 2.89. The average molecular weight is 358 g/mol. The molecule has 1 saturated carbocycles. The summed E-state index contributed by atoms with van der Waals surface area (Å²) in [6, 6.07) is 0. The highest BCUT2D eigenvalue weighted by molar-refractivity contribution is 9.10. The second kappa shape index (κ2) is 6.65. The number of hydrogen-bond acceptors (Lipinski definition) is 4. The molecular weight excluding hydrogens is 334 g/mol. The predicted octanol–water partition coefficient (Wildman–Crippen LogP) is 4.75. The molecule has 5 heteroatoms. The van der Waals surface area contributed by atoms with E-state index in [1.54, 1.807) is 0 Å². The SMILES string of the molecule is CNc1nc(CSC2CCCC2)nc(C(C)(C)C)c1Br. The topological polar surface area (TPSA) is 37.8 Å². The second-order valence-corrected chi connectivity index (χ2v) is 8.45. The van der Waals surface area contributed by atoms with Gasteiger partial charge in [0.15, 0.2) is 0 Å². The third-order valence-corrected chi connectivity index (χ3v) is 5.71. The van der Waals surface area contributed by atoms with Crippen LogP contribution >= 0.6 is 27.7 Å². The van der Waals surface area contributed by atoms with Gasteiger partial charge in [-0.2, -0.15) is 11.8 Å². The standard InChI is InChI=1S/C15H24BrN3S/c1-15(2,3)13-12(16)14(17-4)19-11(18-13)9-20-10-7-5-6-8-10/h10H,5-9H2,1-4H3,(H,17,18,19). The van der Waals surface area contributed by atoms with Crippen molar-refractivity contribution in [2.45, 2.75) is 62.9 Å². The first-order chi connectivity index (χ1) is 9.41. The van der Waals surface area contributed by atoms with E-state index in [2.05, 4.69) is 47.0 Å². The first-order valence-corrected chi connectivity index (χ1v) is 9.12. The van der Waals surface area contributed by atoms with Crippen molar-refractivity contribution >= 4 is 33.5 Å². The molecule has 1 aliphatic carbocycles. The van der Waals surface area contributed by atoms with E-state index in [9.17, 15) is 0 Å². The predicted molar refractivity (Wildman–Crippen MR) is 91.5 cm³/mol. The molecule has 20 heavy (non-hydrogen) atoms. The maximum Gasteiger partial charge on any atom is 0.144 e. The molecule has 3 nitrogen and oxygen atoms in total. The molecule has 1 heterocycles. The zero-order valence-corrected chi connectivity index (χ0v) is 15.2. The molecular formula is C15H24BrN3S. The normalized spacial score (nSPS) is 16.6. The van der Waals surface area contributed by atoms with Gasteiger partial charge in [0, 0.05) is 17.7 Å². The smallest absolute Gasteiger partial charge is 0.144 e. The van der Waals surface area contributed by atoms with Crippen LogP contribution in [0.4, 0.5) is 5.82 Å². The number of nitrogens with one attached hydrogen (secondary N) is 1. The lowest BCUT2D eigenvalue weighted by atomic mass is 9.92. The summed E-state index contributed by atoms with van der Waals surface area (Å²) in [5.41, 5.74) is 1.10. The third-order valence-electron chi connectivity index (χ3n) is 3.60. The first-order valence-electron chi connectivity index (χ1n) is 7.28. The van der Waals surface area contributed by atoms with Gasteiger partial charge in [-0.05, 0) is 28.8 Å². The molecule has 0 aliphatic heterocycles. The van der Waals surface area contributed by atoms with Gasteiger partial charge in [0.2, 0.25) is 0 Å². The minimum atomic E-state index is 0.0140. The summed E-state index contributed by atoms with van der Waals surface area (Å²) in [7, 11) is 1.91. The fourth-order valence-corrected chi connectivity index (χ4v) is 4.62. The summed E-state index contributed by atoms with van der Waals surface area (Å²) in [6.07, 6.45) is 5.47. The van der Waals surface area contributed by atoms with Crippen LogP contribution in [0.5, 0.6) is 0 Å². The fraction of sp³-hybridized carbons (Fsp3) is 0.733. The summed E-state index contributed by atoms with van der Waals surface area (Å²) < 4.78 is 0.988. The molecule has 0 amide bonds. The summed E-state index contributed by atoms with van der Waals surface area (Å²) >= 11 is 5.65. The van der Waals surface area contributed by atoms with E-state index in [1.807, 2.05) is 18.8 Å². The van der Waals surface area contributed by atoms with Crippen molar-refractivity contribution < 1.29 is 0 Å².